The van der Waals surface area contributed by atoms with Crippen LogP contribution in [0.2, 0.25) is 0 Å². The van der Waals surface area contributed by atoms with Gasteiger partial charge in [0.15, 0.2) is 16.6 Å². The molecular formula is C20H23F3N2O2S. The van der Waals surface area contributed by atoms with Crippen LogP contribution in [-0.4, -0.2) is 18.3 Å². The molecule has 0 aliphatic heterocycles. The molecule has 8 heteroatoms. The number of hydrogen-bond donors (Lipinski definition) is 2. The minimum Gasteiger partial charge on any atom is -0.490 e. The molecule has 0 aliphatic rings. The van der Waals surface area contributed by atoms with Crippen LogP contribution in [0.3, 0.4) is 0 Å². The van der Waals surface area contributed by atoms with E-state index in [2.05, 4.69) is 10.6 Å². The van der Waals surface area contributed by atoms with Crippen LogP contribution in [0, 0.1) is 0 Å². The lowest BCUT2D eigenvalue weighted by molar-refractivity contribution is -0.137. The van der Waals surface area contributed by atoms with Gasteiger partial charge in [0.2, 0.25) is 0 Å². The van der Waals surface area contributed by atoms with Crippen molar-refractivity contribution in [3.05, 3.63) is 53.6 Å². The number of rotatable bonds is 7. The van der Waals surface area contributed by atoms with Crippen LogP contribution in [0.4, 0.5) is 18.9 Å². The Hall–Kier alpha value is -2.48. The van der Waals surface area contributed by atoms with E-state index in [9.17, 15) is 13.2 Å². The van der Waals surface area contributed by atoms with Crippen LogP contribution < -0.4 is 20.1 Å². The van der Waals surface area contributed by atoms with Gasteiger partial charge in [0, 0.05) is 5.69 Å². The van der Waals surface area contributed by atoms with E-state index in [1.54, 1.807) is 0 Å². The number of benzene rings is 2. The average Bonchev–Trinajstić information content (AvgIpc) is 2.63. The second kappa shape index (κ2) is 9.64. The normalized spacial score (nSPS) is 12.2. The summed E-state index contributed by atoms with van der Waals surface area (Å²) < 4.78 is 49.6. The van der Waals surface area contributed by atoms with Crippen molar-refractivity contribution in [3.8, 4) is 11.5 Å². The topological polar surface area (TPSA) is 42.5 Å². The summed E-state index contributed by atoms with van der Waals surface area (Å²) in [5.41, 5.74) is 0.433. The Morgan fingerprint density at radius 1 is 1.04 bits per heavy atom. The number of nitrogens with one attached hydrogen (secondary N) is 2. The van der Waals surface area contributed by atoms with Gasteiger partial charge in [0.05, 0.1) is 24.8 Å². The zero-order chi connectivity index (χ0) is 20.7. The molecule has 0 saturated heterocycles. The zero-order valence-corrected chi connectivity index (χ0v) is 16.7. The Morgan fingerprint density at radius 3 is 2.36 bits per heavy atom. The maximum absolute atomic E-state index is 12.8. The summed E-state index contributed by atoms with van der Waals surface area (Å²) >= 11 is 5.24. The first kappa shape index (κ1) is 21.8. The van der Waals surface area contributed by atoms with Gasteiger partial charge in [-0.3, -0.25) is 0 Å². The molecule has 1 atom stereocenters. The van der Waals surface area contributed by atoms with Crippen LogP contribution in [0.5, 0.6) is 11.5 Å². The third kappa shape index (κ3) is 6.02. The van der Waals surface area contributed by atoms with E-state index in [4.69, 9.17) is 21.7 Å². The summed E-state index contributed by atoms with van der Waals surface area (Å²) in [6, 6.07) is 10.3. The van der Waals surface area contributed by atoms with Crippen LogP contribution in [0.1, 0.15) is 37.9 Å². The molecule has 0 radical (unpaired) electrons. The third-order valence-corrected chi connectivity index (χ3v) is 4.08. The average molecular weight is 412 g/mol. The van der Waals surface area contributed by atoms with Gasteiger partial charge in [-0.1, -0.05) is 12.1 Å². The highest BCUT2D eigenvalue weighted by Gasteiger charge is 2.30. The van der Waals surface area contributed by atoms with Gasteiger partial charge in [-0.2, -0.15) is 13.2 Å². The molecule has 0 aliphatic carbocycles. The predicted octanol–water partition coefficient (Wildman–Crippen LogP) is 5.55. The summed E-state index contributed by atoms with van der Waals surface area (Å²) in [4.78, 5) is 0. The van der Waals surface area contributed by atoms with Crippen LogP contribution in [-0.2, 0) is 6.18 Å². The molecule has 0 amide bonds. The molecular weight excluding hydrogens is 389 g/mol. The quantitative estimate of drug-likeness (QED) is 0.584. The van der Waals surface area contributed by atoms with Crippen molar-refractivity contribution in [2.45, 2.75) is 33.0 Å². The summed E-state index contributed by atoms with van der Waals surface area (Å²) in [5.74, 6) is 1.29. The fourth-order valence-corrected chi connectivity index (χ4v) is 2.85. The Labute approximate surface area is 168 Å². The number of halogens is 3. The number of ether oxygens (including phenoxy) is 2. The van der Waals surface area contributed by atoms with Crippen molar-refractivity contribution in [2.75, 3.05) is 18.5 Å². The van der Waals surface area contributed by atoms with E-state index < -0.39 is 11.7 Å². The highest BCUT2D eigenvalue weighted by atomic mass is 32.1. The lowest BCUT2D eigenvalue weighted by Crippen LogP contribution is -2.31. The Bertz CT molecular complexity index is 812. The lowest BCUT2D eigenvalue weighted by atomic mass is 10.1. The summed E-state index contributed by atoms with van der Waals surface area (Å²) in [7, 11) is 0. The summed E-state index contributed by atoms with van der Waals surface area (Å²) in [6.45, 7) is 6.70. The highest BCUT2D eigenvalue weighted by molar-refractivity contribution is 7.80. The number of alkyl halides is 3. The molecule has 0 saturated carbocycles. The highest BCUT2D eigenvalue weighted by Crippen LogP contribution is 2.32. The largest absolute Gasteiger partial charge is 0.490 e. The zero-order valence-electron chi connectivity index (χ0n) is 15.9. The standard InChI is InChI=1S/C20H23F3N2O2S/c1-4-26-17-10-9-14(11-18(17)27-5-2)13(3)24-19(28)25-16-8-6-7-15(12-16)20(21,22)23/h6-13H,4-5H2,1-3H3,(H2,24,25,28). The Balaban J connectivity index is 2.07. The van der Waals surface area contributed by atoms with Crippen molar-refractivity contribution in [1.82, 2.24) is 5.32 Å². The van der Waals surface area contributed by atoms with Gasteiger partial charge in [0.25, 0.3) is 0 Å². The van der Waals surface area contributed by atoms with Crippen molar-refractivity contribution in [1.29, 1.82) is 0 Å². The molecule has 2 aromatic carbocycles. The third-order valence-electron chi connectivity index (χ3n) is 3.86. The van der Waals surface area contributed by atoms with Gasteiger partial charge >= 0.3 is 6.18 Å². The molecule has 0 fully saturated rings. The van der Waals surface area contributed by atoms with Crippen LogP contribution in [0.25, 0.3) is 0 Å². The van der Waals surface area contributed by atoms with Gasteiger partial charge in [-0.25, -0.2) is 0 Å². The molecule has 0 bridgehead atoms. The SMILES string of the molecule is CCOc1ccc(C(C)NC(=S)Nc2cccc(C(F)(F)F)c2)cc1OCC. The Morgan fingerprint density at radius 2 is 1.71 bits per heavy atom. The number of anilines is 1. The predicted molar refractivity (Wildman–Crippen MR) is 108 cm³/mol. The molecule has 4 nitrogen and oxygen atoms in total. The van der Waals surface area contributed by atoms with Gasteiger partial charge < -0.3 is 20.1 Å². The fourth-order valence-electron chi connectivity index (χ4n) is 2.56. The molecule has 0 aromatic heterocycles. The molecule has 152 valence electrons. The second-order valence-corrected chi connectivity index (χ2v) is 6.38. The van der Waals surface area contributed by atoms with Crippen molar-refractivity contribution in [2.24, 2.45) is 0 Å². The van der Waals surface area contributed by atoms with E-state index in [1.165, 1.54) is 12.1 Å². The fraction of sp³-hybridized carbons (Fsp3) is 0.350. The van der Waals surface area contributed by atoms with E-state index in [0.717, 1.165) is 17.7 Å². The molecule has 0 heterocycles. The number of hydrogen-bond acceptors (Lipinski definition) is 3. The maximum atomic E-state index is 12.8. The molecule has 2 N–H and O–H groups in total. The molecule has 28 heavy (non-hydrogen) atoms. The van der Waals surface area contributed by atoms with Crippen molar-refractivity contribution >= 4 is 23.0 Å². The minimum absolute atomic E-state index is 0.194. The van der Waals surface area contributed by atoms with Crippen molar-refractivity contribution in [3.63, 3.8) is 0 Å². The molecule has 2 aromatic rings. The van der Waals surface area contributed by atoms with E-state index >= 15 is 0 Å². The van der Waals surface area contributed by atoms with E-state index in [0.29, 0.717) is 24.7 Å². The van der Waals surface area contributed by atoms with Gasteiger partial charge in [-0.15, -0.1) is 0 Å². The van der Waals surface area contributed by atoms with E-state index in [-0.39, 0.29) is 16.8 Å². The molecule has 2 rings (SSSR count). The smallest absolute Gasteiger partial charge is 0.416 e. The van der Waals surface area contributed by atoms with Crippen molar-refractivity contribution < 1.29 is 22.6 Å². The Kier molecular flexibility index (Phi) is 7.51. The summed E-state index contributed by atoms with van der Waals surface area (Å²) in [5, 5.41) is 6.08. The van der Waals surface area contributed by atoms with Gasteiger partial charge in [0.1, 0.15) is 0 Å². The summed E-state index contributed by atoms with van der Waals surface area (Å²) in [6.07, 6.45) is -4.40. The molecule has 1 unspecified atom stereocenters. The maximum Gasteiger partial charge on any atom is 0.416 e. The van der Waals surface area contributed by atoms with E-state index in [1.807, 2.05) is 39.0 Å². The van der Waals surface area contributed by atoms with Gasteiger partial charge in [-0.05, 0) is 68.9 Å². The second-order valence-electron chi connectivity index (χ2n) is 5.97. The molecule has 0 spiro atoms. The number of thiocarbonyl (C=S) groups is 1. The first-order valence-electron chi connectivity index (χ1n) is 8.88. The van der Waals surface area contributed by atoms with Crippen LogP contribution in [0.15, 0.2) is 42.5 Å². The minimum atomic E-state index is -4.40. The first-order valence-corrected chi connectivity index (χ1v) is 9.29. The monoisotopic (exact) mass is 412 g/mol. The lowest BCUT2D eigenvalue weighted by Gasteiger charge is -2.19. The van der Waals surface area contributed by atoms with Crippen LogP contribution >= 0.6 is 12.2 Å². The first-order chi connectivity index (χ1) is 13.2.